The summed E-state index contributed by atoms with van der Waals surface area (Å²) in [5.41, 5.74) is 4.03. The monoisotopic (exact) mass is 596 g/mol. The van der Waals surface area contributed by atoms with Gasteiger partial charge in [-0.15, -0.1) is 22.7 Å². The third-order valence-electron chi connectivity index (χ3n) is 7.64. The summed E-state index contributed by atoms with van der Waals surface area (Å²) in [6.07, 6.45) is 3.38. The topological polar surface area (TPSA) is 44.7 Å². The van der Waals surface area contributed by atoms with Gasteiger partial charge in [-0.1, -0.05) is 36.4 Å². The second kappa shape index (κ2) is 10.7. The third kappa shape index (κ3) is 4.43. The van der Waals surface area contributed by atoms with E-state index in [0.717, 1.165) is 65.9 Å². The molecule has 8 rings (SSSR count). The lowest BCUT2D eigenvalue weighted by Crippen LogP contribution is -1.94. The molecule has 0 bridgehead atoms. The molecular formula is C37H24O4S2. The Morgan fingerprint density at radius 2 is 1.23 bits per heavy atom. The molecule has 0 aliphatic carbocycles. The summed E-state index contributed by atoms with van der Waals surface area (Å²) in [7, 11) is 1.73. The Morgan fingerprint density at radius 1 is 0.535 bits per heavy atom. The molecule has 0 atom stereocenters. The van der Waals surface area contributed by atoms with Crippen LogP contribution in [0.25, 0.3) is 65.1 Å². The van der Waals surface area contributed by atoms with Gasteiger partial charge in [-0.05, 0) is 99.0 Å². The molecule has 0 saturated heterocycles. The fourth-order valence-corrected chi connectivity index (χ4v) is 7.33. The van der Waals surface area contributed by atoms with Crippen LogP contribution < -0.4 is 9.47 Å². The number of hydrogen-bond donors (Lipinski definition) is 0. The first kappa shape index (κ1) is 25.7. The average Bonchev–Trinajstić information content (AvgIpc) is 3.88. The minimum atomic E-state index is 0.679. The van der Waals surface area contributed by atoms with Crippen LogP contribution in [0, 0.1) is 0 Å². The first-order chi connectivity index (χ1) is 21.3. The van der Waals surface area contributed by atoms with Crippen molar-refractivity contribution in [1.82, 2.24) is 0 Å². The quantitative estimate of drug-likeness (QED) is 0.184. The van der Waals surface area contributed by atoms with Gasteiger partial charge in [-0.3, -0.25) is 0 Å². The van der Waals surface area contributed by atoms with Crippen LogP contribution in [-0.4, -0.2) is 7.11 Å². The maximum absolute atomic E-state index is 6.83. The van der Waals surface area contributed by atoms with Crippen LogP contribution in [0.1, 0.15) is 0 Å². The lowest BCUT2D eigenvalue weighted by molar-refractivity contribution is 0.417. The Morgan fingerprint density at radius 3 is 1.93 bits per heavy atom. The molecular weight excluding hydrogens is 573 g/mol. The molecule has 0 aliphatic rings. The fraction of sp³-hybridized carbons (Fsp3) is 0.0270. The summed E-state index contributed by atoms with van der Waals surface area (Å²) in [5, 5.41) is 8.47. The van der Waals surface area contributed by atoms with Gasteiger partial charge in [0.05, 0.1) is 25.2 Å². The molecule has 4 aromatic heterocycles. The second-order valence-electron chi connectivity index (χ2n) is 10.1. The van der Waals surface area contributed by atoms with Crippen molar-refractivity contribution in [2.24, 2.45) is 0 Å². The standard InChI is InChI=1S/C37H24O4S2/c1-38-32-22-28(34-12-6-18-42-34)25-15-14-23(20-29(25)37(32)35-13-7-19-43-35)41-33-21-27(30-10-4-16-39-30)24-8-2-3-9-26(24)36(33)31-11-5-17-40-31/h2-22H,1H3. The van der Waals surface area contributed by atoms with Gasteiger partial charge in [-0.2, -0.15) is 0 Å². The molecule has 0 spiro atoms. The van der Waals surface area contributed by atoms with E-state index in [9.17, 15) is 0 Å². The van der Waals surface area contributed by atoms with Gasteiger partial charge in [0.1, 0.15) is 28.8 Å². The molecule has 4 heterocycles. The lowest BCUT2D eigenvalue weighted by atomic mass is 9.95. The van der Waals surface area contributed by atoms with E-state index in [2.05, 4.69) is 65.4 Å². The van der Waals surface area contributed by atoms with Crippen LogP contribution in [-0.2, 0) is 0 Å². The van der Waals surface area contributed by atoms with E-state index in [0.29, 0.717) is 11.5 Å². The Labute approximate surface area is 256 Å². The zero-order chi connectivity index (χ0) is 28.8. The Balaban J connectivity index is 1.37. The summed E-state index contributed by atoms with van der Waals surface area (Å²) in [6.45, 7) is 0. The SMILES string of the molecule is COc1cc(-c2cccs2)c2ccc(Oc3cc(-c4ccco4)c4ccccc4c3-c3ccco3)cc2c1-c1cccs1. The minimum absolute atomic E-state index is 0.679. The van der Waals surface area contributed by atoms with Crippen molar-refractivity contribution in [1.29, 1.82) is 0 Å². The highest BCUT2D eigenvalue weighted by molar-refractivity contribution is 7.14. The van der Waals surface area contributed by atoms with Gasteiger partial charge >= 0.3 is 0 Å². The smallest absolute Gasteiger partial charge is 0.139 e. The van der Waals surface area contributed by atoms with Crippen molar-refractivity contribution >= 4 is 44.2 Å². The van der Waals surface area contributed by atoms with Gasteiger partial charge in [0.25, 0.3) is 0 Å². The Kier molecular flexibility index (Phi) is 6.36. The summed E-state index contributed by atoms with van der Waals surface area (Å²) in [6, 6.07) is 34.9. The molecule has 0 radical (unpaired) electrons. The summed E-state index contributed by atoms with van der Waals surface area (Å²) >= 11 is 3.41. The predicted molar refractivity (Wildman–Crippen MR) is 177 cm³/mol. The number of hydrogen-bond acceptors (Lipinski definition) is 6. The van der Waals surface area contributed by atoms with Crippen molar-refractivity contribution < 1.29 is 18.3 Å². The number of fused-ring (bicyclic) bond motifs is 2. The first-order valence-corrected chi connectivity index (χ1v) is 15.6. The van der Waals surface area contributed by atoms with Crippen LogP contribution >= 0.6 is 22.7 Å². The zero-order valence-electron chi connectivity index (χ0n) is 23.1. The molecule has 8 aromatic rings. The highest BCUT2D eigenvalue weighted by Crippen LogP contribution is 2.48. The molecule has 43 heavy (non-hydrogen) atoms. The molecule has 0 aliphatic heterocycles. The van der Waals surface area contributed by atoms with E-state index in [1.807, 2.05) is 48.5 Å². The van der Waals surface area contributed by atoms with E-state index < -0.39 is 0 Å². The van der Waals surface area contributed by atoms with E-state index in [1.165, 1.54) is 4.88 Å². The van der Waals surface area contributed by atoms with Crippen LogP contribution in [0.2, 0.25) is 0 Å². The van der Waals surface area contributed by atoms with Crippen LogP contribution in [0.15, 0.2) is 135 Å². The zero-order valence-corrected chi connectivity index (χ0v) is 24.7. The highest BCUT2D eigenvalue weighted by atomic mass is 32.1. The number of ether oxygens (including phenoxy) is 2. The van der Waals surface area contributed by atoms with Crippen LogP contribution in [0.4, 0.5) is 0 Å². The molecule has 0 unspecified atom stereocenters. The van der Waals surface area contributed by atoms with E-state index in [4.69, 9.17) is 18.3 Å². The van der Waals surface area contributed by atoms with Crippen molar-refractivity contribution in [2.45, 2.75) is 0 Å². The van der Waals surface area contributed by atoms with Crippen molar-refractivity contribution in [3.63, 3.8) is 0 Å². The molecule has 0 saturated carbocycles. The highest BCUT2D eigenvalue weighted by Gasteiger charge is 2.21. The maximum Gasteiger partial charge on any atom is 0.139 e. The predicted octanol–water partition coefficient (Wildman–Crippen LogP) is 11.8. The van der Waals surface area contributed by atoms with E-state index >= 15 is 0 Å². The van der Waals surface area contributed by atoms with Crippen LogP contribution in [0.3, 0.4) is 0 Å². The van der Waals surface area contributed by atoms with Gasteiger partial charge < -0.3 is 18.3 Å². The molecule has 4 aromatic carbocycles. The van der Waals surface area contributed by atoms with Crippen molar-refractivity contribution in [3.05, 3.63) is 126 Å². The largest absolute Gasteiger partial charge is 0.496 e. The molecule has 0 fully saturated rings. The minimum Gasteiger partial charge on any atom is -0.496 e. The Bertz CT molecular complexity index is 2170. The number of rotatable bonds is 7. The molecule has 0 N–H and O–H groups in total. The number of benzene rings is 4. The van der Waals surface area contributed by atoms with Crippen molar-refractivity contribution in [2.75, 3.05) is 7.11 Å². The number of furan rings is 2. The molecule has 208 valence electrons. The first-order valence-electron chi connectivity index (χ1n) is 13.8. The molecule has 0 amide bonds. The summed E-state index contributed by atoms with van der Waals surface area (Å²) < 4.78 is 24.6. The van der Waals surface area contributed by atoms with Gasteiger partial charge in [0.2, 0.25) is 0 Å². The maximum atomic E-state index is 6.83. The van der Waals surface area contributed by atoms with Gasteiger partial charge in [-0.25, -0.2) is 0 Å². The lowest BCUT2D eigenvalue weighted by Gasteiger charge is -2.18. The third-order valence-corrected chi connectivity index (χ3v) is 9.43. The summed E-state index contributed by atoms with van der Waals surface area (Å²) in [4.78, 5) is 2.33. The normalized spacial score (nSPS) is 11.4. The number of methoxy groups -OCH3 is 1. The van der Waals surface area contributed by atoms with E-state index in [1.54, 1.807) is 42.3 Å². The van der Waals surface area contributed by atoms with Crippen molar-refractivity contribution in [3.8, 4) is 60.8 Å². The summed E-state index contributed by atoms with van der Waals surface area (Å²) in [5.74, 6) is 3.73. The van der Waals surface area contributed by atoms with E-state index in [-0.39, 0.29) is 0 Å². The molecule has 6 heteroatoms. The molecule has 4 nitrogen and oxygen atoms in total. The van der Waals surface area contributed by atoms with Gasteiger partial charge in [0, 0.05) is 26.4 Å². The fourth-order valence-electron chi connectivity index (χ4n) is 5.78. The number of thiophene rings is 2. The average molecular weight is 597 g/mol. The Hall–Kier alpha value is -5.04. The van der Waals surface area contributed by atoms with Gasteiger partial charge in [0.15, 0.2) is 0 Å². The second-order valence-corrected chi connectivity index (χ2v) is 12.0. The van der Waals surface area contributed by atoms with Crippen LogP contribution in [0.5, 0.6) is 17.2 Å².